The topological polar surface area (TPSA) is 52.6 Å². The summed E-state index contributed by atoms with van der Waals surface area (Å²) in [6.45, 7) is 3.27. The van der Waals surface area contributed by atoms with Crippen molar-refractivity contribution in [2.24, 2.45) is 0 Å². The maximum Gasteiger partial charge on any atom is 0.317 e. The molecule has 1 fully saturated rings. The quantitative estimate of drug-likeness (QED) is 0.543. The van der Waals surface area contributed by atoms with Crippen LogP contribution in [0.25, 0.3) is 0 Å². The maximum absolute atomic E-state index is 10.9. The smallest absolute Gasteiger partial charge is 0.317 e. The zero-order valence-electron chi connectivity index (χ0n) is 6.00. The van der Waals surface area contributed by atoms with Crippen molar-refractivity contribution >= 4 is 6.03 Å². The fourth-order valence-electron chi connectivity index (χ4n) is 1.01. The van der Waals surface area contributed by atoms with Gasteiger partial charge in [0.2, 0.25) is 0 Å². The zero-order valence-corrected chi connectivity index (χ0v) is 6.00. The zero-order chi connectivity index (χ0) is 7.56. The molecule has 1 saturated heterocycles. The molecular weight excluding hydrogens is 132 g/mol. The highest BCUT2D eigenvalue weighted by Gasteiger charge is 2.23. The summed E-state index contributed by atoms with van der Waals surface area (Å²) in [6.07, 6.45) is 0. The van der Waals surface area contributed by atoms with Crippen molar-refractivity contribution in [1.29, 1.82) is 0 Å². The Morgan fingerprint density at radius 2 is 2.60 bits per heavy atom. The van der Waals surface area contributed by atoms with Crippen LogP contribution < -0.4 is 5.32 Å². The van der Waals surface area contributed by atoms with Crippen molar-refractivity contribution in [1.82, 2.24) is 10.2 Å². The van der Waals surface area contributed by atoms with Crippen molar-refractivity contribution in [3.8, 4) is 0 Å². The normalized spacial score (nSPS) is 21.0. The lowest BCUT2D eigenvalue weighted by Gasteiger charge is -2.20. The lowest BCUT2D eigenvalue weighted by molar-refractivity contribution is 0.160. The number of hydrogen-bond acceptors (Lipinski definition) is 2. The highest BCUT2D eigenvalue weighted by Crippen LogP contribution is 2.02. The third-order valence-corrected chi connectivity index (χ3v) is 1.69. The Balaban J connectivity index is 2.46. The summed E-state index contributed by atoms with van der Waals surface area (Å²) in [5, 5.41) is 11.4. The number of nitrogens with one attached hydrogen (secondary N) is 1. The van der Waals surface area contributed by atoms with Gasteiger partial charge in [0.1, 0.15) is 0 Å². The van der Waals surface area contributed by atoms with Crippen LogP contribution in [0.1, 0.15) is 6.92 Å². The standard InChI is InChI=1S/C6H12N2O2/c1-5(4-9)8-3-2-7-6(8)10/h5,9H,2-4H2,1H3,(H,7,10)/t5-/m1/s1. The minimum atomic E-state index is -0.0680. The second-order valence-corrected chi connectivity index (χ2v) is 2.46. The molecule has 2 N–H and O–H groups in total. The molecule has 0 aromatic heterocycles. The van der Waals surface area contributed by atoms with Gasteiger partial charge in [-0.05, 0) is 6.92 Å². The van der Waals surface area contributed by atoms with E-state index >= 15 is 0 Å². The molecule has 1 rings (SSSR count). The van der Waals surface area contributed by atoms with Gasteiger partial charge in [-0.15, -0.1) is 0 Å². The number of aliphatic hydroxyl groups is 1. The van der Waals surface area contributed by atoms with Crippen LogP contribution in [0.5, 0.6) is 0 Å². The number of carbonyl (C=O) groups excluding carboxylic acids is 1. The van der Waals surface area contributed by atoms with E-state index in [0.717, 1.165) is 0 Å². The number of hydrogen-bond donors (Lipinski definition) is 2. The van der Waals surface area contributed by atoms with E-state index in [4.69, 9.17) is 5.11 Å². The van der Waals surface area contributed by atoms with Gasteiger partial charge in [0.15, 0.2) is 0 Å². The van der Waals surface area contributed by atoms with Crippen LogP contribution in [-0.2, 0) is 0 Å². The molecule has 58 valence electrons. The molecule has 0 bridgehead atoms. The summed E-state index contributed by atoms with van der Waals surface area (Å²) in [5.41, 5.74) is 0. The van der Waals surface area contributed by atoms with Crippen LogP contribution in [0.15, 0.2) is 0 Å². The first kappa shape index (κ1) is 7.34. The molecule has 0 radical (unpaired) electrons. The van der Waals surface area contributed by atoms with Crippen molar-refractivity contribution < 1.29 is 9.90 Å². The predicted octanol–water partition coefficient (Wildman–Crippen LogP) is -0.608. The average molecular weight is 144 g/mol. The van der Waals surface area contributed by atoms with Gasteiger partial charge in [0.05, 0.1) is 12.6 Å². The molecule has 4 nitrogen and oxygen atoms in total. The van der Waals surface area contributed by atoms with E-state index in [9.17, 15) is 4.79 Å². The lowest BCUT2D eigenvalue weighted by Crippen LogP contribution is -2.38. The van der Waals surface area contributed by atoms with E-state index in [0.29, 0.717) is 13.1 Å². The number of carbonyl (C=O) groups is 1. The summed E-state index contributed by atoms with van der Waals surface area (Å²) in [7, 11) is 0. The Kier molecular flexibility index (Phi) is 2.11. The Morgan fingerprint density at radius 1 is 1.90 bits per heavy atom. The summed E-state index contributed by atoms with van der Waals surface area (Å²) >= 11 is 0. The highest BCUT2D eigenvalue weighted by molar-refractivity contribution is 5.76. The van der Waals surface area contributed by atoms with E-state index in [-0.39, 0.29) is 18.7 Å². The van der Waals surface area contributed by atoms with E-state index in [1.165, 1.54) is 0 Å². The van der Waals surface area contributed by atoms with Crippen molar-refractivity contribution in [2.75, 3.05) is 19.7 Å². The average Bonchev–Trinajstić information content (AvgIpc) is 2.34. The minimum absolute atomic E-state index is 0.0351. The van der Waals surface area contributed by atoms with Crippen LogP contribution in [0, 0.1) is 0 Å². The first-order valence-corrected chi connectivity index (χ1v) is 3.41. The molecule has 1 aliphatic rings. The maximum atomic E-state index is 10.9. The van der Waals surface area contributed by atoms with E-state index in [1.807, 2.05) is 6.92 Å². The van der Waals surface area contributed by atoms with E-state index in [1.54, 1.807) is 4.90 Å². The third kappa shape index (κ3) is 1.21. The third-order valence-electron chi connectivity index (χ3n) is 1.69. The van der Waals surface area contributed by atoms with Gasteiger partial charge in [-0.3, -0.25) is 0 Å². The van der Waals surface area contributed by atoms with Crippen LogP contribution in [0.2, 0.25) is 0 Å². The van der Waals surface area contributed by atoms with Crippen molar-refractivity contribution in [2.45, 2.75) is 13.0 Å². The van der Waals surface area contributed by atoms with Gasteiger partial charge < -0.3 is 15.3 Å². The fraction of sp³-hybridized carbons (Fsp3) is 0.833. The molecule has 2 amide bonds. The molecule has 0 spiro atoms. The van der Waals surface area contributed by atoms with Crippen LogP contribution in [0.3, 0.4) is 0 Å². The molecule has 0 saturated carbocycles. The largest absolute Gasteiger partial charge is 0.394 e. The molecule has 1 atom stereocenters. The molecular formula is C6H12N2O2. The van der Waals surface area contributed by atoms with Crippen molar-refractivity contribution in [3.63, 3.8) is 0 Å². The molecule has 1 aliphatic heterocycles. The monoisotopic (exact) mass is 144 g/mol. The molecule has 10 heavy (non-hydrogen) atoms. The molecule has 4 heteroatoms. The summed E-state index contributed by atoms with van der Waals surface area (Å²) < 4.78 is 0. The Hall–Kier alpha value is -0.770. The number of nitrogens with zero attached hydrogens (tertiary/aromatic N) is 1. The van der Waals surface area contributed by atoms with Gasteiger partial charge in [-0.2, -0.15) is 0 Å². The van der Waals surface area contributed by atoms with Gasteiger partial charge >= 0.3 is 6.03 Å². The molecule has 0 aromatic carbocycles. The minimum Gasteiger partial charge on any atom is -0.394 e. The van der Waals surface area contributed by atoms with Crippen LogP contribution in [0.4, 0.5) is 4.79 Å². The summed E-state index contributed by atoms with van der Waals surface area (Å²) in [4.78, 5) is 12.5. The second-order valence-electron chi connectivity index (χ2n) is 2.46. The SMILES string of the molecule is C[C@H](CO)N1CCNC1=O. The van der Waals surface area contributed by atoms with Gasteiger partial charge in [-0.1, -0.05) is 0 Å². The summed E-state index contributed by atoms with van der Waals surface area (Å²) in [6, 6.07) is -0.121. The van der Waals surface area contributed by atoms with E-state index < -0.39 is 0 Å². The number of amides is 2. The molecule has 0 aromatic rings. The highest BCUT2D eigenvalue weighted by atomic mass is 16.3. The van der Waals surface area contributed by atoms with Crippen LogP contribution >= 0.6 is 0 Å². The van der Waals surface area contributed by atoms with E-state index in [2.05, 4.69) is 5.32 Å². The van der Waals surface area contributed by atoms with Gasteiger partial charge in [0.25, 0.3) is 0 Å². The molecule has 0 unspecified atom stereocenters. The second kappa shape index (κ2) is 2.88. The first-order chi connectivity index (χ1) is 4.75. The first-order valence-electron chi connectivity index (χ1n) is 3.41. The van der Waals surface area contributed by atoms with Gasteiger partial charge in [0, 0.05) is 13.1 Å². The fourth-order valence-corrected chi connectivity index (χ4v) is 1.01. The number of urea groups is 1. The Morgan fingerprint density at radius 3 is 3.00 bits per heavy atom. The number of aliphatic hydroxyl groups excluding tert-OH is 1. The van der Waals surface area contributed by atoms with Gasteiger partial charge in [-0.25, -0.2) is 4.79 Å². The number of rotatable bonds is 2. The molecule has 0 aliphatic carbocycles. The summed E-state index contributed by atoms with van der Waals surface area (Å²) in [5.74, 6) is 0. The van der Waals surface area contributed by atoms with Crippen LogP contribution in [-0.4, -0.2) is 41.8 Å². The predicted molar refractivity (Wildman–Crippen MR) is 36.7 cm³/mol. The lowest BCUT2D eigenvalue weighted by atomic mass is 10.3. The Bertz CT molecular complexity index is 138. The van der Waals surface area contributed by atoms with Crippen molar-refractivity contribution in [3.05, 3.63) is 0 Å². The molecule has 1 heterocycles. The Labute approximate surface area is 59.8 Å².